The molecule has 0 spiro atoms. The van der Waals surface area contributed by atoms with Gasteiger partial charge in [0, 0.05) is 40.7 Å². The third-order valence-electron chi connectivity index (χ3n) is 7.73. The number of carbonyl (C=O) groups is 1. The normalized spacial score (nSPS) is 14.2. The molecule has 0 unspecified atom stereocenters. The van der Waals surface area contributed by atoms with Crippen LogP contribution in [0.5, 0.6) is 0 Å². The third kappa shape index (κ3) is 4.77. The first-order valence-corrected chi connectivity index (χ1v) is 14.4. The molecule has 0 saturated heterocycles. The van der Waals surface area contributed by atoms with Crippen LogP contribution in [0.15, 0.2) is 67.1 Å². The zero-order chi connectivity index (χ0) is 27.1. The predicted octanol–water partition coefficient (Wildman–Crippen LogP) is 7.94. The van der Waals surface area contributed by atoms with Crippen molar-refractivity contribution in [1.29, 1.82) is 0 Å². The summed E-state index contributed by atoms with van der Waals surface area (Å²) in [5, 5.41) is 12.4. The molecule has 1 aliphatic carbocycles. The van der Waals surface area contributed by atoms with Gasteiger partial charge >= 0.3 is 0 Å². The molecular formula is C31H27FN6OS. The van der Waals surface area contributed by atoms with Crippen LogP contribution in [0.4, 0.5) is 10.1 Å². The van der Waals surface area contributed by atoms with Gasteiger partial charge in [-0.3, -0.25) is 19.9 Å². The van der Waals surface area contributed by atoms with Crippen molar-refractivity contribution >= 4 is 44.7 Å². The van der Waals surface area contributed by atoms with Crippen molar-refractivity contribution in [3.63, 3.8) is 0 Å². The Morgan fingerprint density at radius 3 is 2.67 bits per heavy atom. The molecule has 6 aromatic rings. The second-order valence-corrected chi connectivity index (χ2v) is 11.5. The van der Waals surface area contributed by atoms with Crippen molar-refractivity contribution in [2.45, 2.75) is 38.5 Å². The van der Waals surface area contributed by atoms with Crippen LogP contribution in [0.2, 0.25) is 0 Å². The van der Waals surface area contributed by atoms with Crippen molar-refractivity contribution in [3.05, 3.63) is 72.3 Å². The van der Waals surface area contributed by atoms with E-state index < -0.39 is 0 Å². The first-order valence-electron chi connectivity index (χ1n) is 13.6. The summed E-state index contributed by atoms with van der Waals surface area (Å²) in [7, 11) is 0. The molecule has 1 aromatic carbocycles. The van der Waals surface area contributed by atoms with Gasteiger partial charge in [0.15, 0.2) is 5.13 Å². The molecule has 1 amide bonds. The van der Waals surface area contributed by atoms with Crippen molar-refractivity contribution < 1.29 is 9.18 Å². The fraction of sp³-hybridized carbons (Fsp3) is 0.226. The standard InChI is InChI=1S/C31H27FN6OS/c32-28-9-8-27(40-28)31-23-15-26(36-24(23)10-11-34-31)30-22-14-19(6-7-25(22)37-38-30)20-13-21(17-33-16-20)35-29(39)12-18-4-2-1-3-5-18/h6-11,13-18,36H,1-5,12H2,(H,35,39)(H,37,38). The summed E-state index contributed by atoms with van der Waals surface area (Å²) in [6, 6.07) is 15.2. The van der Waals surface area contributed by atoms with Crippen LogP contribution in [-0.4, -0.2) is 31.1 Å². The molecule has 40 heavy (non-hydrogen) atoms. The van der Waals surface area contributed by atoms with Gasteiger partial charge in [0.05, 0.1) is 33.7 Å². The van der Waals surface area contributed by atoms with Crippen LogP contribution >= 0.6 is 11.3 Å². The number of rotatable bonds is 6. The fourth-order valence-corrected chi connectivity index (χ4v) is 6.49. The fourth-order valence-electron chi connectivity index (χ4n) is 5.75. The van der Waals surface area contributed by atoms with Gasteiger partial charge in [-0.05, 0) is 66.8 Å². The molecule has 0 bridgehead atoms. The Hall–Kier alpha value is -4.37. The van der Waals surface area contributed by atoms with Crippen LogP contribution in [0, 0.1) is 11.0 Å². The van der Waals surface area contributed by atoms with E-state index in [1.54, 1.807) is 24.7 Å². The Morgan fingerprint density at radius 2 is 1.82 bits per heavy atom. The molecule has 7 nitrogen and oxygen atoms in total. The average molecular weight is 551 g/mol. The van der Waals surface area contributed by atoms with Gasteiger partial charge in [0.1, 0.15) is 5.69 Å². The summed E-state index contributed by atoms with van der Waals surface area (Å²) >= 11 is 1.08. The first kappa shape index (κ1) is 24.7. The number of halogens is 1. The van der Waals surface area contributed by atoms with Crippen LogP contribution in [0.3, 0.4) is 0 Å². The molecule has 1 aliphatic rings. The maximum atomic E-state index is 13.7. The van der Waals surface area contributed by atoms with Crippen LogP contribution in [0.25, 0.3) is 54.9 Å². The van der Waals surface area contributed by atoms with Gasteiger partial charge in [-0.2, -0.15) is 9.49 Å². The number of benzene rings is 1. The molecule has 7 rings (SSSR count). The summed E-state index contributed by atoms with van der Waals surface area (Å²) in [6.07, 6.45) is 11.8. The number of hydrogen-bond donors (Lipinski definition) is 3. The summed E-state index contributed by atoms with van der Waals surface area (Å²) < 4.78 is 13.7. The monoisotopic (exact) mass is 550 g/mol. The van der Waals surface area contributed by atoms with Crippen molar-refractivity contribution in [3.8, 4) is 33.1 Å². The van der Waals surface area contributed by atoms with Crippen molar-refractivity contribution in [2.24, 2.45) is 5.92 Å². The molecule has 9 heteroatoms. The van der Waals surface area contributed by atoms with Gasteiger partial charge in [0.25, 0.3) is 0 Å². The molecule has 3 N–H and O–H groups in total. The van der Waals surface area contributed by atoms with E-state index >= 15 is 0 Å². The van der Waals surface area contributed by atoms with Crippen LogP contribution in [-0.2, 0) is 4.79 Å². The van der Waals surface area contributed by atoms with Gasteiger partial charge in [-0.1, -0.05) is 25.3 Å². The lowest BCUT2D eigenvalue weighted by molar-refractivity contribution is -0.117. The number of thiophene rings is 1. The van der Waals surface area contributed by atoms with E-state index in [4.69, 9.17) is 0 Å². The minimum absolute atomic E-state index is 0.0522. The minimum Gasteiger partial charge on any atom is -0.353 e. The number of aromatic nitrogens is 5. The number of carbonyl (C=O) groups excluding carboxylic acids is 1. The molecule has 0 aliphatic heterocycles. The van der Waals surface area contributed by atoms with Crippen LogP contribution < -0.4 is 5.32 Å². The summed E-state index contributed by atoms with van der Waals surface area (Å²) in [5.74, 6) is 0.533. The molecule has 200 valence electrons. The topological polar surface area (TPSA) is 99.3 Å². The van der Waals surface area contributed by atoms with Crippen LogP contribution in [0.1, 0.15) is 38.5 Å². The van der Waals surface area contributed by atoms with Gasteiger partial charge in [-0.15, -0.1) is 11.3 Å². The van der Waals surface area contributed by atoms with E-state index in [2.05, 4.69) is 36.5 Å². The number of fused-ring (bicyclic) bond motifs is 2. The Labute approximate surface area is 233 Å². The molecule has 0 radical (unpaired) electrons. The molecular weight excluding hydrogens is 523 g/mol. The number of nitrogens with one attached hydrogen (secondary N) is 3. The smallest absolute Gasteiger partial charge is 0.224 e. The predicted molar refractivity (Wildman–Crippen MR) is 158 cm³/mol. The maximum absolute atomic E-state index is 13.7. The first-order chi connectivity index (χ1) is 19.6. The number of pyridine rings is 2. The Morgan fingerprint density at radius 1 is 0.950 bits per heavy atom. The second kappa shape index (κ2) is 10.3. The molecule has 1 fully saturated rings. The van der Waals surface area contributed by atoms with Gasteiger partial charge in [0.2, 0.25) is 5.91 Å². The minimum atomic E-state index is -0.238. The Kier molecular flexibility index (Phi) is 6.36. The highest BCUT2D eigenvalue weighted by Gasteiger charge is 2.18. The van der Waals surface area contributed by atoms with E-state index in [0.29, 0.717) is 18.0 Å². The van der Waals surface area contributed by atoms with Gasteiger partial charge in [-0.25, -0.2) is 0 Å². The van der Waals surface area contributed by atoms with E-state index in [1.807, 2.05) is 30.3 Å². The van der Waals surface area contributed by atoms with Gasteiger partial charge < -0.3 is 10.3 Å². The zero-order valence-corrected chi connectivity index (χ0v) is 22.5. The molecule has 1 saturated carbocycles. The third-order valence-corrected chi connectivity index (χ3v) is 8.61. The van der Waals surface area contributed by atoms with E-state index in [1.165, 1.54) is 25.3 Å². The number of anilines is 1. The average Bonchev–Trinajstić information content (AvgIpc) is 3.71. The summed E-state index contributed by atoms with van der Waals surface area (Å²) in [4.78, 5) is 25.8. The van der Waals surface area contributed by atoms with E-state index in [0.717, 1.165) is 79.1 Å². The lowest BCUT2D eigenvalue weighted by atomic mass is 9.87. The zero-order valence-electron chi connectivity index (χ0n) is 21.7. The van der Waals surface area contributed by atoms with Crippen molar-refractivity contribution in [2.75, 3.05) is 5.32 Å². The SMILES string of the molecule is O=C(CC1CCCCC1)Nc1cncc(-c2ccc3[nH]nc(-c4cc5c(-c6ccc(F)s6)nccc5[nH]4)c3c2)c1. The Bertz CT molecular complexity index is 1850. The van der Waals surface area contributed by atoms with Crippen molar-refractivity contribution in [1.82, 2.24) is 25.1 Å². The summed E-state index contributed by atoms with van der Waals surface area (Å²) in [5.41, 5.74) is 6.75. The number of H-pyrrole nitrogens is 2. The number of amides is 1. The number of aromatic amines is 2. The lowest BCUT2D eigenvalue weighted by Crippen LogP contribution is -2.18. The lowest BCUT2D eigenvalue weighted by Gasteiger charge is -2.20. The second-order valence-electron chi connectivity index (χ2n) is 10.5. The quantitative estimate of drug-likeness (QED) is 0.196. The molecule has 5 heterocycles. The van der Waals surface area contributed by atoms with E-state index in [9.17, 15) is 9.18 Å². The highest BCUT2D eigenvalue weighted by Crippen LogP contribution is 2.36. The van der Waals surface area contributed by atoms with E-state index in [-0.39, 0.29) is 11.0 Å². The maximum Gasteiger partial charge on any atom is 0.224 e. The largest absolute Gasteiger partial charge is 0.353 e. The number of nitrogens with zero attached hydrogens (tertiary/aromatic N) is 3. The molecule has 0 atom stereocenters. The number of hydrogen-bond acceptors (Lipinski definition) is 5. The highest BCUT2D eigenvalue weighted by atomic mass is 32.1. The highest BCUT2D eigenvalue weighted by molar-refractivity contribution is 7.13. The Balaban J connectivity index is 1.19. The summed E-state index contributed by atoms with van der Waals surface area (Å²) in [6.45, 7) is 0. The molecule has 5 aromatic heterocycles.